The van der Waals surface area contributed by atoms with Crippen LogP contribution in [0.3, 0.4) is 0 Å². The predicted octanol–water partition coefficient (Wildman–Crippen LogP) is 1.79. The van der Waals surface area contributed by atoms with Gasteiger partial charge in [0.2, 0.25) is 0 Å². The molecule has 3 rings (SSSR count). The van der Waals surface area contributed by atoms with E-state index in [2.05, 4.69) is 0 Å². The van der Waals surface area contributed by atoms with Crippen molar-refractivity contribution in [3.8, 4) is 11.5 Å². The van der Waals surface area contributed by atoms with Crippen LogP contribution in [-0.4, -0.2) is 48.7 Å². The number of piperidine rings is 1. The molecule has 1 saturated heterocycles. The number of nitrogens with zero attached hydrogens (tertiary/aromatic N) is 1. The van der Waals surface area contributed by atoms with Gasteiger partial charge in [-0.15, -0.1) is 0 Å². The molecule has 1 heterocycles. The lowest BCUT2D eigenvalue weighted by molar-refractivity contribution is -0.140. The van der Waals surface area contributed by atoms with E-state index in [4.69, 9.17) is 14.6 Å². The van der Waals surface area contributed by atoms with Crippen LogP contribution in [0.25, 0.3) is 0 Å². The van der Waals surface area contributed by atoms with E-state index < -0.39 is 5.97 Å². The number of likely N-dealkylation sites (tertiary alicyclic amines) is 1. The summed E-state index contributed by atoms with van der Waals surface area (Å²) in [7, 11) is 1.56. The highest BCUT2D eigenvalue weighted by molar-refractivity contribution is 5.78. The molecule has 1 aromatic carbocycles. The molecule has 0 bridgehead atoms. The van der Waals surface area contributed by atoms with Gasteiger partial charge in [-0.3, -0.25) is 9.59 Å². The number of hydrogen-bond donors (Lipinski definition) is 1. The van der Waals surface area contributed by atoms with Crippen molar-refractivity contribution in [1.82, 2.24) is 4.90 Å². The first kappa shape index (κ1) is 15.6. The lowest BCUT2D eigenvalue weighted by atomic mass is 9.91. The third kappa shape index (κ3) is 3.11. The van der Waals surface area contributed by atoms with Gasteiger partial charge in [0.15, 0.2) is 18.1 Å². The number of carboxylic acid groups (broad SMARTS) is 1. The molecule has 1 aromatic rings. The molecule has 1 spiro atoms. The molecule has 1 atom stereocenters. The zero-order chi connectivity index (χ0) is 16.4. The van der Waals surface area contributed by atoms with Gasteiger partial charge in [0.25, 0.3) is 5.91 Å². The van der Waals surface area contributed by atoms with Gasteiger partial charge < -0.3 is 19.5 Å². The van der Waals surface area contributed by atoms with Crippen molar-refractivity contribution < 1.29 is 24.2 Å². The van der Waals surface area contributed by atoms with Gasteiger partial charge >= 0.3 is 5.97 Å². The fourth-order valence-electron chi connectivity index (χ4n) is 3.42. The standard InChI is InChI=1S/C17H21NO5/c1-22-13-4-2-3-5-14(13)23-11-15(19)18-8-6-17(7-9-18)10-12(17)16(20)21/h2-5,12H,6-11H2,1H3,(H,20,21). The van der Waals surface area contributed by atoms with Gasteiger partial charge in [-0.1, -0.05) is 12.1 Å². The Kier molecular flexibility index (Phi) is 4.15. The molecule has 124 valence electrons. The number of ether oxygens (including phenoxy) is 2. The highest BCUT2D eigenvalue weighted by Crippen LogP contribution is 2.59. The summed E-state index contributed by atoms with van der Waals surface area (Å²) in [5, 5.41) is 9.09. The van der Waals surface area contributed by atoms with Crippen molar-refractivity contribution in [2.45, 2.75) is 19.3 Å². The third-order valence-electron chi connectivity index (χ3n) is 5.02. The normalized spacial score (nSPS) is 21.8. The number of carbonyl (C=O) groups is 2. The summed E-state index contributed by atoms with van der Waals surface area (Å²) in [5.74, 6) is 0.150. The Balaban J connectivity index is 1.50. The third-order valence-corrected chi connectivity index (χ3v) is 5.02. The maximum Gasteiger partial charge on any atom is 0.307 e. The lowest BCUT2D eigenvalue weighted by Crippen LogP contribution is -2.42. The second kappa shape index (κ2) is 6.10. The summed E-state index contributed by atoms with van der Waals surface area (Å²) in [4.78, 5) is 25.1. The van der Waals surface area contributed by atoms with E-state index in [9.17, 15) is 9.59 Å². The SMILES string of the molecule is COc1ccccc1OCC(=O)N1CCC2(CC1)CC2C(=O)O. The first-order valence-electron chi connectivity index (χ1n) is 7.82. The smallest absolute Gasteiger partial charge is 0.307 e. The van der Waals surface area contributed by atoms with Gasteiger partial charge in [0.05, 0.1) is 13.0 Å². The second-order valence-corrected chi connectivity index (χ2v) is 6.28. The van der Waals surface area contributed by atoms with E-state index >= 15 is 0 Å². The van der Waals surface area contributed by atoms with Crippen LogP contribution >= 0.6 is 0 Å². The molecule has 23 heavy (non-hydrogen) atoms. The van der Waals surface area contributed by atoms with Crippen molar-refractivity contribution >= 4 is 11.9 Å². The number of carbonyl (C=O) groups excluding carboxylic acids is 1. The van der Waals surface area contributed by atoms with Gasteiger partial charge in [-0.05, 0) is 36.8 Å². The monoisotopic (exact) mass is 319 g/mol. The molecule has 1 unspecified atom stereocenters. The number of amides is 1. The highest BCUT2D eigenvalue weighted by atomic mass is 16.5. The van der Waals surface area contributed by atoms with Gasteiger partial charge in [0, 0.05) is 13.1 Å². The van der Waals surface area contributed by atoms with Crippen LogP contribution < -0.4 is 9.47 Å². The van der Waals surface area contributed by atoms with Crippen molar-refractivity contribution in [1.29, 1.82) is 0 Å². The van der Waals surface area contributed by atoms with Crippen molar-refractivity contribution in [2.75, 3.05) is 26.8 Å². The highest BCUT2D eigenvalue weighted by Gasteiger charge is 2.59. The van der Waals surface area contributed by atoms with Crippen LogP contribution in [0.1, 0.15) is 19.3 Å². The van der Waals surface area contributed by atoms with Crippen LogP contribution in [0.5, 0.6) is 11.5 Å². The molecular formula is C17H21NO5. The summed E-state index contributed by atoms with van der Waals surface area (Å²) in [6.45, 7) is 1.19. The molecule has 1 aliphatic carbocycles. The largest absolute Gasteiger partial charge is 0.493 e. The van der Waals surface area contributed by atoms with E-state index in [-0.39, 0.29) is 23.8 Å². The number of aliphatic carboxylic acids is 1. The van der Waals surface area contributed by atoms with Crippen molar-refractivity contribution in [2.24, 2.45) is 11.3 Å². The molecule has 1 aliphatic heterocycles. The van der Waals surface area contributed by atoms with Crippen molar-refractivity contribution in [3.63, 3.8) is 0 Å². The topological polar surface area (TPSA) is 76.1 Å². The molecule has 1 saturated carbocycles. The fraction of sp³-hybridized carbons (Fsp3) is 0.529. The van der Waals surface area contributed by atoms with E-state index in [1.807, 2.05) is 12.1 Å². The van der Waals surface area contributed by atoms with Crippen LogP contribution in [0.4, 0.5) is 0 Å². The quantitative estimate of drug-likeness (QED) is 0.895. The van der Waals surface area contributed by atoms with E-state index in [0.29, 0.717) is 24.6 Å². The molecule has 0 aromatic heterocycles. The predicted molar refractivity (Wildman–Crippen MR) is 82.5 cm³/mol. The van der Waals surface area contributed by atoms with Crippen LogP contribution in [0.2, 0.25) is 0 Å². The van der Waals surface area contributed by atoms with Gasteiger partial charge in [-0.2, -0.15) is 0 Å². The molecule has 2 aliphatic rings. The number of methoxy groups -OCH3 is 1. The second-order valence-electron chi connectivity index (χ2n) is 6.28. The zero-order valence-electron chi connectivity index (χ0n) is 13.2. The summed E-state index contributed by atoms with van der Waals surface area (Å²) in [6.07, 6.45) is 2.29. The van der Waals surface area contributed by atoms with Gasteiger partial charge in [0.1, 0.15) is 0 Å². The Morgan fingerprint density at radius 1 is 1.26 bits per heavy atom. The Morgan fingerprint density at radius 2 is 1.91 bits per heavy atom. The minimum atomic E-state index is -0.704. The Labute approximate surface area is 135 Å². The summed E-state index contributed by atoms with van der Waals surface area (Å²) >= 11 is 0. The molecule has 6 nitrogen and oxygen atoms in total. The molecule has 1 N–H and O–H groups in total. The van der Waals surface area contributed by atoms with Crippen LogP contribution in [0, 0.1) is 11.3 Å². The summed E-state index contributed by atoms with van der Waals surface area (Å²) < 4.78 is 10.7. The van der Waals surface area contributed by atoms with E-state index in [0.717, 1.165) is 19.3 Å². The van der Waals surface area contributed by atoms with E-state index in [1.165, 1.54) is 0 Å². The Morgan fingerprint density at radius 3 is 2.48 bits per heavy atom. The molecule has 1 amide bonds. The number of benzene rings is 1. The minimum Gasteiger partial charge on any atom is -0.493 e. The average molecular weight is 319 g/mol. The molecular weight excluding hydrogens is 298 g/mol. The first-order valence-corrected chi connectivity index (χ1v) is 7.82. The average Bonchev–Trinajstić information content (AvgIpc) is 3.27. The van der Waals surface area contributed by atoms with Gasteiger partial charge in [-0.25, -0.2) is 0 Å². The molecule has 2 fully saturated rings. The molecule has 6 heteroatoms. The number of hydrogen-bond acceptors (Lipinski definition) is 4. The lowest BCUT2D eigenvalue weighted by Gasteiger charge is -2.32. The minimum absolute atomic E-state index is 0.0320. The van der Waals surface area contributed by atoms with E-state index in [1.54, 1.807) is 24.1 Å². The van der Waals surface area contributed by atoms with Crippen molar-refractivity contribution in [3.05, 3.63) is 24.3 Å². The number of carboxylic acids is 1. The summed E-state index contributed by atoms with van der Waals surface area (Å²) in [5.41, 5.74) is -0.0634. The maximum atomic E-state index is 12.3. The van der Waals surface area contributed by atoms with Crippen LogP contribution in [-0.2, 0) is 9.59 Å². The maximum absolute atomic E-state index is 12.3. The fourth-order valence-corrected chi connectivity index (χ4v) is 3.42. The number of rotatable bonds is 5. The molecule has 0 radical (unpaired) electrons. The number of para-hydroxylation sites is 2. The first-order chi connectivity index (χ1) is 11.1. The zero-order valence-corrected chi connectivity index (χ0v) is 13.2. The summed E-state index contributed by atoms with van der Waals surface area (Å²) in [6, 6.07) is 7.21. The Bertz CT molecular complexity index is 607. The Hall–Kier alpha value is -2.24. The van der Waals surface area contributed by atoms with Crippen LogP contribution in [0.15, 0.2) is 24.3 Å².